The molecule has 0 aliphatic rings. The Morgan fingerprint density at radius 3 is 2.29 bits per heavy atom. The summed E-state index contributed by atoms with van der Waals surface area (Å²) >= 11 is 5.90. The summed E-state index contributed by atoms with van der Waals surface area (Å²) in [7, 11) is 0. The molecule has 1 unspecified atom stereocenters. The van der Waals surface area contributed by atoms with Gasteiger partial charge in [-0.2, -0.15) is 13.2 Å². The first-order valence-corrected chi connectivity index (χ1v) is 10.8. The summed E-state index contributed by atoms with van der Waals surface area (Å²) in [5.74, 6) is 0.229. The molecule has 2 atom stereocenters. The molecule has 9 nitrogen and oxygen atoms in total. The van der Waals surface area contributed by atoms with Crippen LogP contribution in [0.25, 0.3) is 17.1 Å². The first kappa shape index (κ1) is 24.6. The molecule has 0 bridgehead atoms. The molecule has 2 aromatic heterocycles. The highest BCUT2D eigenvalue weighted by Crippen LogP contribution is 2.24. The Kier molecular flexibility index (Phi) is 6.79. The van der Waals surface area contributed by atoms with E-state index in [4.69, 9.17) is 11.6 Å². The number of benzene rings is 2. The van der Waals surface area contributed by atoms with E-state index in [0.717, 1.165) is 9.25 Å². The number of aromatic nitrogens is 6. The van der Waals surface area contributed by atoms with Crippen molar-refractivity contribution < 1.29 is 23.4 Å². The molecule has 0 amide bonds. The fourth-order valence-electron chi connectivity index (χ4n) is 3.40. The molecule has 0 saturated carbocycles. The summed E-state index contributed by atoms with van der Waals surface area (Å²) in [6.07, 6.45) is -8.69. The van der Waals surface area contributed by atoms with E-state index in [1.165, 1.54) is 35.9 Å². The average Bonchev–Trinajstić information content (AvgIpc) is 3.37. The quantitative estimate of drug-likeness (QED) is 0.397. The lowest BCUT2D eigenvalue weighted by atomic mass is 10.2. The summed E-state index contributed by atoms with van der Waals surface area (Å²) in [4.78, 5) is 17.3. The molecule has 0 spiro atoms. The number of halogens is 4. The van der Waals surface area contributed by atoms with E-state index in [-0.39, 0.29) is 24.0 Å². The second-order valence-electron chi connectivity index (χ2n) is 7.75. The predicted octanol–water partition coefficient (Wildman–Crippen LogP) is 2.97. The fraction of sp³-hybridized carbons (Fsp3) is 0.273. The maximum atomic E-state index is 13.0. The van der Waals surface area contributed by atoms with Crippen LogP contribution in [-0.4, -0.2) is 51.6 Å². The second-order valence-corrected chi connectivity index (χ2v) is 8.18. The van der Waals surface area contributed by atoms with E-state index in [9.17, 15) is 28.2 Å². The molecule has 2 heterocycles. The van der Waals surface area contributed by atoms with E-state index < -0.39 is 30.6 Å². The number of nitrogens with zero attached hydrogens (tertiary/aromatic N) is 6. The van der Waals surface area contributed by atoms with Crippen molar-refractivity contribution in [3.05, 3.63) is 81.8 Å². The molecule has 13 heteroatoms. The van der Waals surface area contributed by atoms with Gasteiger partial charge in [-0.25, -0.2) is 19.1 Å². The van der Waals surface area contributed by atoms with E-state index in [1.807, 2.05) is 6.07 Å². The monoisotopic (exact) mass is 508 g/mol. The Bertz CT molecular complexity index is 1360. The van der Waals surface area contributed by atoms with Gasteiger partial charge in [-0.15, -0.1) is 10.2 Å². The highest BCUT2D eigenvalue weighted by molar-refractivity contribution is 6.30. The van der Waals surface area contributed by atoms with Crippen molar-refractivity contribution >= 4 is 11.6 Å². The summed E-state index contributed by atoms with van der Waals surface area (Å²) in [6, 6.07) is 14.9. The van der Waals surface area contributed by atoms with Gasteiger partial charge < -0.3 is 10.2 Å². The van der Waals surface area contributed by atoms with Gasteiger partial charge >= 0.3 is 11.9 Å². The molecule has 0 aliphatic heterocycles. The largest absolute Gasteiger partial charge is 0.416 e. The molecule has 0 saturated heterocycles. The molecule has 4 aromatic rings. The number of aliphatic hydroxyl groups is 2. The van der Waals surface area contributed by atoms with Gasteiger partial charge in [0.05, 0.1) is 12.2 Å². The van der Waals surface area contributed by atoms with Gasteiger partial charge in [-0.05, 0) is 43.3 Å². The number of para-hydroxylation sites is 1. The molecule has 184 valence electrons. The van der Waals surface area contributed by atoms with Crippen LogP contribution in [0, 0.1) is 0 Å². The van der Waals surface area contributed by atoms with E-state index >= 15 is 0 Å². The molecular formula is C22H20ClF3N6O3. The molecule has 0 radical (unpaired) electrons. The maximum absolute atomic E-state index is 13.0. The zero-order valence-corrected chi connectivity index (χ0v) is 19.0. The van der Waals surface area contributed by atoms with Crippen molar-refractivity contribution in [3.63, 3.8) is 0 Å². The minimum atomic E-state index is -4.93. The normalized spacial score (nSPS) is 13.7. The van der Waals surface area contributed by atoms with Crippen LogP contribution in [0.15, 0.2) is 59.4 Å². The van der Waals surface area contributed by atoms with Gasteiger partial charge in [0.25, 0.3) is 0 Å². The Balaban J connectivity index is 1.76. The number of hydrogen-bond acceptors (Lipinski definition) is 6. The second kappa shape index (κ2) is 9.64. The van der Waals surface area contributed by atoms with Gasteiger partial charge in [0.15, 0.2) is 23.6 Å². The van der Waals surface area contributed by atoms with Crippen molar-refractivity contribution in [2.45, 2.75) is 38.4 Å². The van der Waals surface area contributed by atoms with Crippen molar-refractivity contribution in [1.29, 1.82) is 0 Å². The van der Waals surface area contributed by atoms with Gasteiger partial charge in [0.1, 0.15) is 12.6 Å². The minimum absolute atomic E-state index is 0.0896. The Hall–Kier alpha value is -3.48. The first-order valence-electron chi connectivity index (χ1n) is 10.4. The van der Waals surface area contributed by atoms with Crippen molar-refractivity contribution in [1.82, 2.24) is 29.1 Å². The topological polar surface area (TPSA) is 111 Å². The lowest BCUT2D eigenvalue weighted by Gasteiger charge is -2.15. The number of alkyl halides is 3. The first-order chi connectivity index (χ1) is 16.5. The van der Waals surface area contributed by atoms with Gasteiger partial charge in [0, 0.05) is 10.6 Å². The summed E-state index contributed by atoms with van der Waals surface area (Å²) in [5, 5.41) is 28.7. The molecule has 0 fully saturated rings. The standard InChI is InChI=1S/C22H20ClF3N6O3/c1-13(33)19-27-18(28-32(19)16-5-3-2-4-6-16)12-31-21(35)30(11-17(34)22(24,25)26)20(29-31)14-7-9-15(23)10-8-14/h2-10,13,17,33-34H,11-12H2,1H3/t13?,17-/m0/s1. The van der Waals surface area contributed by atoms with Crippen molar-refractivity contribution in [2.24, 2.45) is 0 Å². The third-order valence-corrected chi connectivity index (χ3v) is 5.35. The lowest BCUT2D eigenvalue weighted by Crippen LogP contribution is -2.37. The summed E-state index contributed by atoms with van der Waals surface area (Å²) < 4.78 is 42.2. The zero-order chi connectivity index (χ0) is 25.3. The van der Waals surface area contributed by atoms with Crippen LogP contribution >= 0.6 is 11.6 Å². The van der Waals surface area contributed by atoms with Crippen LogP contribution in [0.2, 0.25) is 5.02 Å². The minimum Gasteiger partial charge on any atom is -0.385 e. The number of aliphatic hydroxyl groups excluding tert-OH is 2. The molecule has 35 heavy (non-hydrogen) atoms. The average molecular weight is 509 g/mol. The smallest absolute Gasteiger partial charge is 0.385 e. The number of rotatable bonds is 7. The highest BCUT2D eigenvalue weighted by Gasteiger charge is 2.39. The number of hydrogen-bond donors (Lipinski definition) is 2. The zero-order valence-electron chi connectivity index (χ0n) is 18.3. The van der Waals surface area contributed by atoms with E-state index in [2.05, 4.69) is 15.2 Å². The van der Waals surface area contributed by atoms with Crippen LogP contribution < -0.4 is 5.69 Å². The molecule has 0 aliphatic carbocycles. The predicted molar refractivity (Wildman–Crippen MR) is 120 cm³/mol. The van der Waals surface area contributed by atoms with E-state index in [1.54, 1.807) is 24.3 Å². The van der Waals surface area contributed by atoms with E-state index in [0.29, 0.717) is 16.3 Å². The van der Waals surface area contributed by atoms with Crippen LogP contribution in [0.3, 0.4) is 0 Å². The van der Waals surface area contributed by atoms with Crippen LogP contribution in [0.4, 0.5) is 13.2 Å². The summed E-state index contributed by atoms with van der Waals surface area (Å²) in [5.41, 5.74) is 0.0511. The van der Waals surface area contributed by atoms with Crippen LogP contribution in [0.1, 0.15) is 24.7 Å². The SMILES string of the molecule is CC(O)c1nc(Cn2nc(-c3ccc(Cl)cc3)n(C[C@H](O)C(F)(F)F)c2=O)nn1-c1ccccc1. The Morgan fingerprint density at radius 1 is 1.03 bits per heavy atom. The van der Waals surface area contributed by atoms with Crippen LogP contribution in [-0.2, 0) is 13.1 Å². The van der Waals surface area contributed by atoms with Crippen LogP contribution in [0.5, 0.6) is 0 Å². The lowest BCUT2D eigenvalue weighted by molar-refractivity contribution is -0.207. The van der Waals surface area contributed by atoms with Gasteiger partial charge in [-0.1, -0.05) is 29.8 Å². The fourth-order valence-corrected chi connectivity index (χ4v) is 3.52. The Labute approximate surface area is 201 Å². The maximum Gasteiger partial charge on any atom is 0.416 e. The van der Waals surface area contributed by atoms with Gasteiger partial charge in [0.2, 0.25) is 0 Å². The third-order valence-electron chi connectivity index (χ3n) is 5.10. The van der Waals surface area contributed by atoms with Crippen molar-refractivity contribution in [3.8, 4) is 17.1 Å². The van der Waals surface area contributed by atoms with Gasteiger partial charge in [-0.3, -0.25) is 4.57 Å². The van der Waals surface area contributed by atoms with Crippen molar-refractivity contribution in [2.75, 3.05) is 0 Å². The Morgan fingerprint density at radius 2 is 1.69 bits per heavy atom. The molecule has 2 N–H and O–H groups in total. The third kappa shape index (κ3) is 5.29. The summed E-state index contributed by atoms with van der Waals surface area (Å²) in [6.45, 7) is 0.171. The molecule has 2 aromatic carbocycles. The highest BCUT2D eigenvalue weighted by atomic mass is 35.5. The molecule has 4 rings (SSSR count). The molecular weight excluding hydrogens is 489 g/mol.